The highest BCUT2D eigenvalue weighted by Gasteiger charge is 2.46. The van der Waals surface area contributed by atoms with Gasteiger partial charge in [0.2, 0.25) is 15.9 Å². The SMILES string of the molecule is CS(=O)(=O)N[C@@H]1CCCN(C(=O)[C@@H]2C[C@H]2c2ccccc2-c2ccoc2)CC1. The van der Waals surface area contributed by atoms with Crippen molar-refractivity contribution in [2.24, 2.45) is 5.92 Å². The molecule has 0 spiro atoms. The average molecular weight is 403 g/mol. The second-order valence-electron chi connectivity index (χ2n) is 7.89. The highest BCUT2D eigenvalue weighted by molar-refractivity contribution is 7.88. The molecule has 7 heteroatoms. The number of carbonyl (C=O) groups excluding carboxylic acids is 1. The molecule has 1 saturated carbocycles. The number of furan rings is 1. The van der Waals surface area contributed by atoms with E-state index in [1.54, 1.807) is 12.5 Å². The van der Waals surface area contributed by atoms with Crippen LogP contribution in [0.15, 0.2) is 47.3 Å². The Kier molecular flexibility index (Phi) is 5.29. The van der Waals surface area contributed by atoms with Gasteiger partial charge in [0.25, 0.3) is 0 Å². The third kappa shape index (κ3) is 4.31. The van der Waals surface area contributed by atoms with Crippen LogP contribution in [0.25, 0.3) is 11.1 Å². The highest BCUT2D eigenvalue weighted by Crippen LogP contribution is 2.51. The molecule has 1 aromatic heterocycles. The molecule has 3 atom stereocenters. The van der Waals surface area contributed by atoms with Crippen molar-refractivity contribution in [2.45, 2.75) is 37.6 Å². The number of benzene rings is 1. The summed E-state index contributed by atoms with van der Waals surface area (Å²) in [5.41, 5.74) is 3.37. The molecule has 4 rings (SSSR count). The Morgan fingerprint density at radius 1 is 1.18 bits per heavy atom. The fourth-order valence-electron chi connectivity index (χ4n) is 4.28. The van der Waals surface area contributed by atoms with Gasteiger partial charge in [-0.25, -0.2) is 13.1 Å². The molecule has 0 bridgehead atoms. The maximum atomic E-state index is 13.1. The quantitative estimate of drug-likeness (QED) is 0.834. The monoisotopic (exact) mass is 402 g/mol. The first kappa shape index (κ1) is 19.2. The molecule has 1 aliphatic heterocycles. The number of rotatable bonds is 5. The molecule has 1 aliphatic carbocycles. The van der Waals surface area contributed by atoms with Crippen molar-refractivity contribution in [2.75, 3.05) is 19.3 Å². The van der Waals surface area contributed by atoms with Gasteiger partial charge in [-0.15, -0.1) is 0 Å². The Balaban J connectivity index is 1.42. The zero-order valence-corrected chi connectivity index (χ0v) is 16.8. The van der Waals surface area contributed by atoms with Gasteiger partial charge in [0.1, 0.15) is 0 Å². The van der Waals surface area contributed by atoms with Crippen LogP contribution >= 0.6 is 0 Å². The number of hydrogen-bond acceptors (Lipinski definition) is 4. The molecular weight excluding hydrogens is 376 g/mol. The number of hydrogen-bond donors (Lipinski definition) is 1. The Labute approximate surface area is 166 Å². The zero-order valence-electron chi connectivity index (χ0n) is 16.0. The van der Waals surface area contributed by atoms with Crippen LogP contribution in [0.4, 0.5) is 0 Å². The van der Waals surface area contributed by atoms with Crippen LogP contribution in [0.1, 0.15) is 37.2 Å². The van der Waals surface area contributed by atoms with E-state index in [-0.39, 0.29) is 23.8 Å². The molecule has 150 valence electrons. The standard InChI is InChI=1S/C21H26N2O4S/c1-28(25,26)22-16-5-4-10-23(11-8-16)21(24)20-13-19(20)18-7-3-2-6-17(18)15-9-12-27-14-15/h2-3,6-7,9,12,14,16,19-20,22H,4-5,8,10-11,13H2,1H3/t16-,19+,20-/m1/s1. The number of likely N-dealkylation sites (tertiary alicyclic amines) is 1. The Hall–Kier alpha value is -2.12. The van der Waals surface area contributed by atoms with E-state index in [1.807, 2.05) is 23.1 Å². The fraction of sp³-hybridized carbons (Fsp3) is 0.476. The van der Waals surface area contributed by atoms with E-state index >= 15 is 0 Å². The molecule has 6 nitrogen and oxygen atoms in total. The van der Waals surface area contributed by atoms with E-state index in [4.69, 9.17) is 4.42 Å². The molecule has 2 aromatic rings. The van der Waals surface area contributed by atoms with Gasteiger partial charge in [-0.2, -0.15) is 0 Å². The third-order valence-electron chi connectivity index (χ3n) is 5.72. The summed E-state index contributed by atoms with van der Waals surface area (Å²) in [5.74, 6) is 0.464. The van der Waals surface area contributed by atoms with Crippen LogP contribution in [-0.2, 0) is 14.8 Å². The van der Waals surface area contributed by atoms with E-state index in [0.717, 1.165) is 30.4 Å². The number of amides is 1. The molecule has 0 radical (unpaired) electrons. The van der Waals surface area contributed by atoms with E-state index in [9.17, 15) is 13.2 Å². The van der Waals surface area contributed by atoms with Gasteiger partial charge in [0.05, 0.1) is 18.8 Å². The van der Waals surface area contributed by atoms with Crippen LogP contribution in [0.5, 0.6) is 0 Å². The summed E-state index contributed by atoms with van der Waals surface area (Å²) in [6, 6.07) is 10.1. The van der Waals surface area contributed by atoms with Gasteiger partial charge < -0.3 is 9.32 Å². The van der Waals surface area contributed by atoms with Gasteiger partial charge in [0, 0.05) is 30.6 Å². The molecular formula is C21H26N2O4S. The van der Waals surface area contributed by atoms with Gasteiger partial charge in [-0.1, -0.05) is 24.3 Å². The van der Waals surface area contributed by atoms with Crippen molar-refractivity contribution < 1.29 is 17.6 Å². The minimum atomic E-state index is -3.21. The Bertz CT molecular complexity index is 939. The Morgan fingerprint density at radius 2 is 2.00 bits per heavy atom. The van der Waals surface area contributed by atoms with Crippen molar-refractivity contribution >= 4 is 15.9 Å². The predicted molar refractivity (Wildman–Crippen MR) is 107 cm³/mol. The first-order valence-corrected chi connectivity index (χ1v) is 11.7. The van der Waals surface area contributed by atoms with Crippen LogP contribution in [0.3, 0.4) is 0 Å². The normalized spacial score (nSPS) is 25.3. The Morgan fingerprint density at radius 3 is 2.75 bits per heavy atom. The second-order valence-corrected chi connectivity index (χ2v) is 9.67. The predicted octanol–water partition coefficient (Wildman–Crippen LogP) is 2.98. The summed E-state index contributed by atoms with van der Waals surface area (Å²) in [4.78, 5) is 15.0. The van der Waals surface area contributed by atoms with Gasteiger partial charge in [0.15, 0.2) is 0 Å². The number of carbonyl (C=O) groups is 1. The first-order chi connectivity index (χ1) is 13.4. The molecule has 2 heterocycles. The maximum Gasteiger partial charge on any atom is 0.226 e. The van der Waals surface area contributed by atoms with E-state index < -0.39 is 10.0 Å². The van der Waals surface area contributed by atoms with Gasteiger partial charge >= 0.3 is 0 Å². The lowest BCUT2D eigenvalue weighted by atomic mass is 9.97. The van der Waals surface area contributed by atoms with Crippen LogP contribution in [0.2, 0.25) is 0 Å². The number of nitrogens with zero attached hydrogens (tertiary/aromatic N) is 1. The van der Waals surface area contributed by atoms with Crippen LogP contribution in [0, 0.1) is 5.92 Å². The minimum Gasteiger partial charge on any atom is -0.472 e. The van der Waals surface area contributed by atoms with Crippen molar-refractivity contribution in [3.05, 3.63) is 48.4 Å². The first-order valence-electron chi connectivity index (χ1n) is 9.80. The molecule has 1 aromatic carbocycles. The molecule has 1 saturated heterocycles. The third-order valence-corrected chi connectivity index (χ3v) is 6.48. The van der Waals surface area contributed by atoms with Crippen LogP contribution < -0.4 is 4.72 Å². The van der Waals surface area contributed by atoms with E-state index in [0.29, 0.717) is 19.5 Å². The van der Waals surface area contributed by atoms with Crippen LogP contribution in [-0.4, -0.2) is 44.6 Å². The highest BCUT2D eigenvalue weighted by atomic mass is 32.2. The summed E-state index contributed by atoms with van der Waals surface area (Å²) in [5, 5.41) is 0. The molecule has 0 unspecified atom stereocenters. The summed E-state index contributed by atoms with van der Waals surface area (Å²) in [6.45, 7) is 1.31. The molecule has 1 N–H and O–H groups in total. The summed E-state index contributed by atoms with van der Waals surface area (Å²) in [6.07, 6.45) is 7.72. The summed E-state index contributed by atoms with van der Waals surface area (Å²) in [7, 11) is -3.21. The lowest BCUT2D eigenvalue weighted by Crippen LogP contribution is -2.36. The molecule has 1 amide bonds. The topological polar surface area (TPSA) is 79.6 Å². The zero-order chi connectivity index (χ0) is 19.7. The number of nitrogens with one attached hydrogen (secondary N) is 1. The summed E-state index contributed by atoms with van der Waals surface area (Å²) >= 11 is 0. The average Bonchev–Trinajstić information content (AvgIpc) is 3.33. The fourth-order valence-corrected chi connectivity index (χ4v) is 5.13. The minimum absolute atomic E-state index is 0.0208. The van der Waals surface area contributed by atoms with Crippen molar-refractivity contribution in [3.8, 4) is 11.1 Å². The number of sulfonamides is 1. The van der Waals surface area contributed by atoms with Gasteiger partial charge in [-0.05, 0) is 48.8 Å². The maximum absolute atomic E-state index is 13.1. The molecule has 2 aliphatic rings. The largest absolute Gasteiger partial charge is 0.472 e. The lowest BCUT2D eigenvalue weighted by molar-refractivity contribution is -0.132. The van der Waals surface area contributed by atoms with Crippen molar-refractivity contribution in [1.82, 2.24) is 9.62 Å². The smallest absolute Gasteiger partial charge is 0.226 e. The van der Waals surface area contributed by atoms with Crippen molar-refractivity contribution in [1.29, 1.82) is 0 Å². The van der Waals surface area contributed by atoms with Crippen molar-refractivity contribution in [3.63, 3.8) is 0 Å². The molecule has 28 heavy (non-hydrogen) atoms. The lowest BCUT2D eigenvalue weighted by Gasteiger charge is -2.21. The van der Waals surface area contributed by atoms with E-state index in [1.165, 1.54) is 11.8 Å². The van der Waals surface area contributed by atoms with E-state index in [2.05, 4.69) is 16.9 Å². The molecule has 2 fully saturated rings. The second kappa shape index (κ2) is 7.72. The summed E-state index contributed by atoms with van der Waals surface area (Å²) < 4.78 is 30.9. The van der Waals surface area contributed by atoms with Gasteiger partial charge in [-0.3, -0.25) is 4.79 Å².